The first-order chi connectivity index (χ1) is 14.9. The molecule has 0 amide bonds. The SMILES string of the molecule is CC(C)(c1ccc(OC[C@H](O)COCCCI)cc1)c1ccc(OC[C@@H](O)CCl)cc1. The Balaban J connectivity index is 1.90. The van der Waals surface area contributed by atoms with Gasteiger partial charge in [0.25, 0.3) is 0 Å². The minimum absolute atomic E-state index is 0.149. The molecule has 0 aliphatic heterocycles. The van der Waals surface area contributed by atoms with Crippen LogP contribution in [-0.2, 0) is 10.2 Å². The zero-order valence-electron chi connectivity index (χ0n) is 18.1. The molecule has 2 aromatic carbocycles. The number of aliphatic hydroxyl groups is 2. The number of halogens is 2. The fourth-order valence-corrected chi connectivity index (χ4v) is 3.36. The molecule has 0 aromatic heterocycles. The molecule has 0 aliphatic rings. The van der Waals surface area contributed by atoms with E-state index in [1.54, 1.807) is 0 Å². The van der Waals surface area contributed by atoms with Crippen LogP contribution >= 0.6 is 34.2 Å². The zero-order valence-corrected chi connectivity index (χ0v) is 21.0. The van der Waals surface area contributed by atoms with E-state index < -0.39 is 12.2 Å². The van der Waals surface area contributed by atoms with E-state index in [0.29, 0.717) is 18.1 Å². The standard InChI is InChI=1S/C24H32ClIO5/c1-24(2,18-4-8-22(9-5-18)30-16-20(27)14-25)19-6-10-23(11-7-19)31-17-21(28)15-29-13-3-12-26/h4-11,20-21,27-28H,3,12-17H2,1-2H3/t20-,21+/m0/s1. The molecule has 0 saturated carbocycles. The van der Waals surface area contributed by atoms with Gasteiger partial charge in [-0.3, -0.25) is 0 Å². The monoisotopic (exact) mass is 562 g/mol. The molecule has 2 aromatic rings. The van der Waals surface area contributed by atoms with E-state index in [1.807, 2.05) is 48.5 Å². The van der Waals surface area contributed by atoms with Crippen LogP contribution < -0.4 is 9.47 Å². The second-order valence-electron chi connectivity index (χ2n) is 7.88. The summed E-state index contributed by atoms with van der Waals surface area (Å²) >= 11 is 7.89. The van der Waals surface area contributed by atoms with Crippen molar-refractivity contribution in [2.24, 2.45) is 0 Å². The number of benzene rings is 2. The van der Waals surface area contributed by atoms with E-state index >= 15 is 0 Å². The summed E-state index contributed by atoms with van der Waals surface area (Å²) in [6.45, 7) is 5.64. The van der Waals surface area contributed by atoms with Crippen LogP contribution in [0.2, 0.25) is 0 Å². The summed E-state index contributed by atoms with van der Waals surface area (Å²) in [6, 6.07) is 15.8. The maximum Gasteiger partial charge on any atom is 0.119 e. The summed E-state index contributed by atoms with van der Waals surface area (Å²) in [6.07, 6.45) is -0.331. The number of aliphatic hydroxyl groups excluding tert-OH is 2. The highest BCUT2D eigenvalue weighted by molar-refractivity contribution is 14.1. The third kappa shape index (κ3) is 8.77. The third-order valence-corrected chi connectivity index (χ3v) is 6.07. The van der Waals surface area contributed by atoms with Gasteiger partial charge in [-0.05, 0) is 41.8 Å². The molecular formula is C24H32ClIO5. The summed E-state index contributed by atoms with van der Waals surface area (Å²) in [5.74, 6) is 1.56. The van der Waals surface area contributed by atoms with E-state index in [2.05, 4.69) is 36.4 Å². The van der Waals surface area contributed by atoms with Gasteiger partial charge in [-0.25, -0.2) is 0 Å². The molecule has 2 rings (SSSR count). The van der Waals surface area contributed by atoms with Crippen molar-refractivity contribution in [2.75, 3.05) is 36.7 Å². The lowest BCUT2D eigenvalue weighted by molar-refractivity contribution is 0.0127. The van der Waals surface area contributed by atoms with Crippen LogP contribution in [-0.4, -0.2) is 59.2 Å². The molecule has 2 atom stereocenters. The van der Waals surface area contributed by atoms with Crippen LogP contribution in [0.5, 0.6) is 11.5 Å². The Hall–Kier alpha value is -1.06. The van der Waals surface area contributed by atoms with Crippen molar-refractivity contribution in [1.82, 2.24) is 0 Å². The second kappa shape index (κ2) is 13.5. The van der Waals surface area contributed by atoms with E-state index in [9.17, 15) is 10.2 Å². The smallest absolute Gasteiger partial charge is 0.119 e. The summed E-state index contributed by atoms with van der Waals surface area (Å²) in [4.78, 5) is 0. The lowest BCUT2D eigenvalue weighted by Gasteiger charge is -2.26. The van der Waals surface area contributed by atoms with E-state index in [4.69, 9.17) is 25.8 Å². The van der Waals surface area contributed by atoms with Gasteiger partial charge in [-0.15, -0.1) is 11.6 Å². The van der Waals surface area contributed by atoms with Gasteiger partial charge in [-0.2, -0.15) is 0 Å². The van der Waals surface area contributed by atoms with Crippen molar-refractivity contribution < 1.29 is 24.4 Å². The largest absolute Gasteiger partial charge is 0.491 e. The molecule has 5 nitrogen and oxygen atoms in total. The minimum Gasteiger partial charge on any atom is -0.491 e. The molecule has 0 heterocycles. The maximum atomic E-state index is 9.96. The molecule has 0 saturated heterocycles. The van der Waals surface area contributed by atoms with Gasteiger partial charge in [0, 0.05) is 16.4 Å². The first-order valence-corrected chi connectivity index (χ1v) is 12.4. The molecule has 7 heteroatoms. The first kappa shape index (κ1) is 26.2. The first-order valence-electron chi connectivity index (χ1n) is 10.4. The molecule has 2 N–H and O–H groups in total. The average molecular weight is 563 g/mol. The molecule has 0 bridgehead atoms. The van der Waals surface area contributed by atoms with Gasteiger partial charge in [0.15, 0.2) is 0 Å². The van der Waals surface area contributed by atoms with Crippen LogP contribution in [0.4, 0.5) is 0 Å². The number of rotatable bonds is 14. The Morgan fingerprint density at radius 1 is 0.839 bits per heavy atom. The van der Waals surface area contributed by atoms with Crippen LogP contribution in [0.25, 0.3) is 0 Å². The molecular weight excluding hydrogens is 531 g/mol. The van der Waals surface area contributed by atoms with Crippen LogP contribution in [0, 0.1) is 0 Å². The van der Waals surface area contributed by atoms with Gasteiger partial charge in [0.1, 0.15) is 36.9 Å². The second-order valence-corrected chi connectivity index (χ2v) is 9.26. The molecule has 0 spiro atoms. The van der Waals surface area contributed by atoms with E-state index in [-0.39, 0.29) is 31.1 Å². The van der Waals surface area contributed by atoms with Gasteiger partial charge in [-0.1, -0.05) is 60.7 Å². The van der Waals surface area contributed by atoms with Gasteiger partial charge in [0.2, 0.25) is 0 Å². The van der Waals surface area contributed by atoms with Crippen molar-refractivity contribution >= 4 is 34.2 Å². The van der Waals surface area contributed by atoms with Crippen molar-refractivity contribution in [3.63, 3.8) is 0 Å². The fourth-order valence-electron chi connectivity index (χ4n) is 2.96. The Kier molecular flexibility index (Phi) is 11.4. The van der Waals surface area contributed by atoms with E-state index in [0.717, 1.165) is 22.0 Å². The predicted octanol–water partition coefficient (Wildman–Crippen LogP) is 4.57. The van der Waals surface area contributed by atoms with Gasteiger partial charge in [0.05, 0.1) is 12.5 Å². The Morgan fingerprint density at radius 3 is 1.77 bits per heavy atom. The molecule has 0 aliphatic carbocycles. The van der Waals surface area contributed by atoms with Gasteiger partial charge >= 0.3 is 0 Å². The summed E-state index contributed by atoms with van der Waals surface area (Å²) in [7, 11) is 0. The summed E-state index contributed by atoms with van der Waals surface area (Å²) < 4.78 is 17.7. The third-order valence-electron chi connectivity index (χ3n) is 4.95. The molecule has 0 fully saturated rings. The molecule has 0 radical (unpaired) electrons. The van der Waals surface area contributed by atoms with Gasteiger partial charge < -0.3 is 24.4 Å². The summed E-state index contributed by atoms with van der Waals surface area (Å²) in [5.41, 5.74) is 2.08. The highest BCUT2D eigenvalue weighted by Gasteiger charge is 2.23. The fraction of sp³-hybridized carbons (Fsp3) is 0.500. The Morgan fingerprint density at radius 2 is 1.32 bits per heavy atom. The average Bonchev–Trinajstić information content (AvgIpc) is 2.79. The Bertz CT molecular complexity index is 752. The molecule has 0 unspecified atom stereocenters. The number of ether oxygens (including phenoxy) is 3. The normalized spacial score (nSPS) is 13.6. The number of alkyl halides is 2. The molecule has 31 heavy (non-hydrogen) atoms. The predicted molar refractivity (Wildman–Crippen MR) is 133 cm³/mol. The van der Waals surface area contributed by atoms with Crippen LogP contribution in [0.15, 0.2) is 48.5 Å². The zero-order chi connectivity index (χ0) is 22.7. The van der Waals surface area contributed by atoms with Crippen molar-refractivity contribution in [1.29, 1.82) is 0 Å². The highest BCUT2D eigenvalue weighted by atomic mass is 127. The summed E-state index contributed by atoms with van der Waals surface area (Å²) in [5, 5.41) is 19.5. The van der Waals surface area contributed by atoms with Crippen LogP contribution in [0.1, 0.15) is 31.4 Å². The lowest BCUT2D eigenvalue weighted by atomic mass is 9.78. The Labute approximate surface area is 203 Å². The maximum absolute atomic E-state index is 9.96. The van der Waals surface area contributed by atoms with Crippen molar-refractivity contribution in [3.8, 4) is 11.5 Å². The van der Waals surface area contributed by atoms with Crippen molar-refractivity contribution in [2.45, 2.75) is 37.9 Å². The molecule has 172 valence electrons. The number of hydrogen-bond acceptors (Lipinski definition) is 5. The highest BCUT2D eigenvalue weighted by Crippen LogP contribution is 2.33. The topological polar surface area (TPSA) is 68.2 Å². The minimum atomic E-state index is -0.673. The van der Waals surface area contributed by atoms with E-state index in [1.165, 1.54) is 0 Å². The van der Waals surface area contributed by atoms with Crippen LogP contribution in [0.3, 0.4) is 0 Å². The quantitative estimate of drug-likeness (QED) is 0.201. The number of hydrogen-bond donors (Lipinski definition) is 2. The van der Waals surface area contributed by atoms with Crippen molar-refractivity contribution in [3.05, 3.63) is 59.7 Å². The lowest BCUT2D eigenvalue weighted by Crippen LogP contribution is -2.24.